The maximum absolute atomic E-state index is 10.6. The average molecular weight is 421 g/mol. The molecular weight excluding hydrogens is 399 g/mol. The van der Waals surface area contributed by atoms with Crippen LogP contribution in [0.4, 0.5) is 13.2 Å². The molecule has 9 heteroatoms. The van der Waals surface area contributed by atoms with E-state index in [4.69, 9.17) is 14.4 Å². The highest BCUT2D eigenvalue weighted by Crippen LogP contribution is 2.30. The first-order chi connectivity index (χ1) is 14.0. The lowest BCUT2D eigenvalue weighted by Gasteiger charge is -2.14. The first kappa shape index (κ1) is 21.8. The summed E-state index contributed by atoms with van der Waals surface area (Å²) in [6.45, 7) is 5.62. The number of carboxylic acids is 1. The number of nitrogens with one attached hydrogen (secondary N) is 1. The summed E-state index contributed by atoms with van der Waals surface area (Å²) in [7, 11) is 0. The highest BCUT2D eigenvalue weighted by molar-refractivity contribution is 5.94. The van der Waals surface area contributed by atoms with Gasteiger partial charge in [-0.05, 0) is 22.6 Å². The van der Waals surface area contributed by atoms with Crippen molar-refractivity contribution in [3.05, 3.63) is 48.4 Å². The Labute approximate surface area is 171 Å². The molecule has 6 nitrogen and oxygen atoms in total. The minimum absolute atomic E-state index is 0.350. The first-order valence-corrected chi connectivity index (χ1v) is 9.39. The van der Waals surface area contributed by atoms with Crippen molar-refractivity contribution in [3.8, 4) is 11.4 Å². The Kier molecular flexibility index (Phi) is 6.12. The Bertz CT molecular complexity index is 1030. The Balaban J connectivity index is 0.000000318. The van der Waals surface area contributed by atoms with Crippen molar-refractivity contribution in [1.82, 2.24) is 15.5 Å². The van der Waals surface area contributed by atoms with Crippen LogP contribution in [-0.4, -0.2) is 40.0 Å². The number of carboxylic acid groups (broad SMARTS) is 1. The van der Waals surface area contributed by atoms with Crippen molar-refractivity contribution in [1.29, 1.82) is 0 Å². The molecule has 0 radical (unpaired) electrons. The molecule has 2 N–H and O–H groups in total. The molecule has 160 valence electrons. The summed E-state index contributed by atoms with van der Waals surface area (Å²) in [5.74, 6) is -1.37. The Morgan fingerprint density at radius 3 is 2.53 bits per heavy atom. The van der Waals surface area contributed by atoms with Gasteiger partial charge in [0.2, 0.25) is 11.7 Å². The Morgan fingerprint density at radius 1 is 1.23 bits per heavy atom. The lowest BCUT2D eigenvalue weighted by atomic mass is 9.90. The molecule has 4 rings (SSSR count). The van der Waals surface area contributed by atoms with Gasteiger partial charge in [-0.3, -0.25) is 0 Å². The van der Waals surface area contributed by atoms with E-state index in [2.05, 4.69) is 47.5 Å². The fourth-order valence-electron chi connectivity index (χ4n) is 3.45. The predicted octanol–water partition coefficient (Wildman–Crippen LogP) is 4.45. The van der Waals surface area contributed by atoms with E-state index in [0.717, 1.165) is 30.3 Å². The minimum atomic E-state index is -5.08. The molecule has 3 aromatic rings. The van der Waals surface area contributed by atoms with Crippen molar-refractivity contribution in [2.75, 3.05) is 6.54 Å². The van der Waals surface area contributed by atoms with Gasteiger partial charge in [-0.2, -0.15) is 18.2 Å². The molecule has 1 unspecified atom stereocenters. The molecular formula is C21H22F3N3O3. The van der Waals surface area contributed by atoms with Gasteiger partial charge in [0.25, 0.3) is 0 Å². The van der Waals surface area contributed by atoms with Crippen molar-refractivity contribution in [2.45, 2.75) is 38.9 Å². The summed E-state index contributed by atoms with van der Waals surface area (Å²) in [6, 6.07) is 14.9. The lowest BCUT2D eigenvalue weighted by molar-refractivity contribution is -0.192. The third-order valence-corrected chi connectivity index (χ3v) is 4.83. The topological polar surface area (TPSA) is 88.3 Å². The standard InChI is InChI=1S/C19H21N3O.C2HF3O2/c1-19(2)11-14(20-12-19)10-17-21-18(22-23-17)16-9-5-7-13-6-3-4-8-15(13)16;3-2(4,5)1(6)7/h3-9,14,20H,10-12H2,1-2H3;(H,6,7). The van der Waals surface area contributed by atoms with Gasteiger partial charge in [0.15, 0.2) is 0 Å². The highest BCUT2D eigenvalue weighted by atomic mass is 19.4. The van der Waals surface area contributed by atoms with Crippen molar-refractivity contribution in [2.24, 2.45) is 5.41 Å². The van der Waals surface area contributed by atoms with Crippen LogP contribution in [0.3, 0.4) is 0 Å². The van der Waals surface area contributed by atoms with Gasteiger partial charge in [0, 0.05) is 24.6 Å². The van der Waals surface area contributed by atoms with Crippen LogP contribution in [0, 0.1) is 5.41 Å². The van der Waals surface area contributed by atoms with E-state index in [0.29, 0.717) is 23.2 Å². The van der Waals surface area contributed by atoms with E-state index in [1.165, 1.54) is 5.39 Å². The monoisotopic (exact) mass is 421 g/mol. The number of benzene rings is 2. The number of hydrogen-bond donors (Lipinski definition) is 2. The Morgan fingerprint density at radius 2 is 1.90 bits per heavy atom. The van der Waals surface area contributed by atoms with Crippen molar-refractivity contribution >= 4 is 16.7 Å². The quantitative estimate of drug-likeness (QED) is 0.650. The van der Waals surface area contributed by atoms with Crippen molar-refractivity contribution in [3.63, 3.8) is 0 Å². The van der Waals surface area contributed by atoms with Crippen molar-refractivity contribution < 1.29 is 27.6 Å². The molecule has 0 aliphatic carbocycles. The molecule has 1 aliphatic heterocycles. The summed E-state index contributed by atoms with van der Waals surface area (Å²) >= 11 is 0. The molecule has 1 saturated heterocycles. The number of aromatic nitrogens is 2. The molecule has 1 aliphatic rings. The van der Waals surface area contributed by atoms with Gasteiger partial charge in [0.1, 0.15) is 0 Å². The van der Waals surface area contributed by atoms with E-state index in [1.54, 1.807) is 0 Å². The van der Waals surface area contributed by atoms with Gasteiger partial charge in [-0.1, -0.05) is 61.5 Å². The van der Waals surface area contributed by atoms with Gasteiger partial charge < -0.3 is 14.9 Å². The summed E-state index contributed by atoms with van der Waals surface area (Å²) in [6.07, 6.45) is -3.15. The summed E-state index contributed by atoms with van der Waals surface area (Å²) in [4.78, 5) is 13.5. The normalized spacial score (nSPS) is 18.1. The molecule has 0 amide bonds. The van der Waals surface area contributed by atoms with Gasteiger partial charge in [-0.15, -0.1) is 0 Å². The number of alkyl halides is 3. The first-order valence-electron chi connectivity index (χ1n) is 9.39. The van der Waals surface area contributed by atoms with Crippen LogP contribution in [-0.2, 0) is 11.2 Å². The smallest absolute Gasteiger partial charge is 0.475 e. The van der Waals surface area contributed by atoms with Crippen LogP contribution in [0.2, 0.25) is 0 Å². The van der Waals surface area contributed by atoms with E-state index in [-0.39, 0.29) is 0 Å². The van der Waals surface area contributed by atoms with Gasteiger partial charge in [0.05, 0.1) is 0 Å². The Hall–Kier alpha value is -2.94. The number of nitrogens with zero attached hydrogens (tertiary/aromatic N) is 2. The molecule has 1 fully saturated rings. The summed E-state index contributed by atoms with van der Waals surface area (Å²) in [5, 5.41) is 17.2. The molecule has 0 spiro atoms. The van der Waals surface area contributed by atoms with Gasteiger partial charge >= 0.3 is 12.1 Å². The molecule has 30 heavy (non-hydrogen) atoms. The van der Waals surface area contributed by atoms with Gasteiger partial charge in [-0.25, -0.2) is 4.79 Å². The zero-order chi connectivity index (χ0) is 21.9. The number of fused-ring (bicyclic) bond motifs is 1. The minimum Gasteiger partial charge on any atom is -0.475 e. The van der Waals surface area contributed by atoms with Crippen LogP contribution in [0.5, 0.6) is 0 Å². The zero-order valence-electron chi connectivity index (χ0n) is 16.5. The summed E-state index contributed by atoms with van der Waals surface area (Å²) < 4.78 is 37.2. The second-order valence-corrected chi connectivity index (χ2v) is 7.99. The molecule has 0 saturated carbocycles. The van der Waals surface area contributed by atoms with Crippen LogP contribution in [0.1, 0.15) is 26.2 Å². The largest absolute Gasteiger partial charge is 0.490 e. The van der Waals surface area contributed by atoms with Crippen LogP contribution < -0.4 is 5.32 Å². The van der Waals surface area contributed by atoms with Crippen LogP contribution >= 0.6 is 0 Å². The van der Waals surface area contributed by atoms with E-state index >= 15 is 0 Å². The predicted molar refractivity (Wildman–Crippen MR) is 105 cm³/mol. The third kappa shape index (κ3) is 5.35. The van der Waals surface area contributed by atoms with E-state index in [9.17, 15) is 13.2 Å². The maximum Gasteiger partial charge on any atom is 0.490 e. The molecule has 1 atom stereocenters. The molecule has 0 bridgehead atoms. The number of aliphatic carboxylic acids is 1. The molecule has 2 heterocycles. The zero-order valence-corrected chi connectivity index (χ0v) is 16.5. The second-order valence-electron chi connectivity index (χ2n) is 7.99. The third-order valence-electron chi connectivity index (χ3n) is 4.83. The van der Waals surface area contributed by atoms with Crippen LogP contribution in [0.15, 0.2) is 47.0 Å². The van der Waals surface area contributed by atoms with E-state index < -0.39 is 12.1 Å². The van der Waals surface area contributed by atoms with E-state index in [1.807, 2.05) is 24.3 Å². The average Bonchev–Trinajstić information content (AvgIpc) is 3.27. The maximum atomic E-state index is 10.6. The SMILES string of the molecule is CC1(C)CNC(Cc2nc(-c3cccc4ccccc34)no2)C1.O=C(O)C(F)(F)F. The highest BCUT2D eigenvalue weighted by Gasteiger charge is 2.38. The number of rotatable bonds is 3. The molecule has 2 aromatic carbocycles. The number of hydrogen-bond acceptors (Lipinski definition) is 5. The second kappa shape index (κ2) is 8.43. The lowest BCUT2D eigenvalue weighted by Crippen LogP contribution is -2.24. The summed E-state index contributed by atoms with van der Waals surface area (Å²) in [5.41, 5.74) is 1.38. The fraction of sp³-hybridized carbons (Fsp3) is 0.381. The number of carbonyl (C=O) groups is 1. The molecule has 1 aromatic heterocycles. The number of halogens is 3. The van der Waals surface area contributed by atoms with Crippen LogP contribution in [0.25, 0.3) is 22.2 Å². The fourth-order valence-corrected chi connectivity index (χ4v) is 3.45.